The fourth-order valence-electron chi connectivity index (χ4n) is 2.07. The third-order valence-corrected chi connectivity index (χ3v) is 3.92. The third kappa shape index (κ3) is 16.0. The molecule has 3 N–H and O–H groups in total. The normalized spacial score (nSPS) is 28.9. The number of hydrogen-bond donors (Lipinski definition) is 3. The predicted octanol–water partition coefficient (Wildman–Crippen LogP) is -22.3. The first-order valence-corrected chi connectivity index (χ1v) is 8.91. The van der Waals surface area contributed by atoms with Gasteiger partial charge in [-0.3, -0.25) is 0 Å². The van der Waals surface area contributed by atoms with Crippen LogP contribution in [0, 0.1) is 0 Å². The summed E-state index contributed by atoms with van der Waals surface area (Å²) < 4.78 is 33.5. The van der Waals surface area contributed by atoms with E-state index in [0.717, 1.165) is 0 Å². The van der Waals surface area contributed by atoms with Gasteiger partial charge in [-0.2, -0.15) is 0 Å². The van der Waals surface area contributed by atoms with Crippen LogP contribution >= 0.6 is 15.6 Å². The third-order valence-electron chi connectivity index (χ3n) is 2.92. The molecule has 0 aromatic heterocycles. The maximum Gasteiger partial charge on any atom is 1.00 e. The molecule has 1 aliphatic rings. The van der Waals surface area contributed by atoms with Crippen molar-refractivity contribution in [2.45, 2.75) is 36.6 Å². The zero-order chi connectivity index (χ0) is 18.9. The van der Waals surface area contributed by atoms with E-state index in [4.69, 9.17) is 0 Å². The van der Waals surface area contributed by atoms with Crippen molar-refractivity contribution in [3.63, 3.8) is 0 Å². The van der Waals surface area contributed by atoms with E-state index in [1.165, 1.54) is 0 Å². The standard InChI is InChI=1S/C8H16O14P2.5Na/c9-2(10)1-20-7-5(13)6(21-23(14,15)16)3(11)4(12)8(7)22-24(17,18)19;;;;;/h3-8,11-13H,1H2,(H,9,10)(H2,14,15,16)(H2,17,18,19);;;;;/q;5*+1/p-5/t3-,4+,5+,6-,7-,8-;;;;;/m1...../s1. The summed E-state index contributed by atoms with van der Waals surface area (Å²) in [4.78, 5) is 52.9. The molecule has 142 valence electrons. The van der Waals surface area contributed by atoms with E-state index in [1.807, 2.05) is 0 Å². The summed E-state index contributed by atoms with van der Waals surface area (Å²) >= 11 is 0. The molecule has 1 aliphatic carbocycles. The van der Waals surface area contributed by atoms with E-state index in [-0.39, 0.29) is 148 Å². The van der Waals surface area contributed by atoms with Crippen LogP contribution in [0.15, 0.2) is 0 Å². The van der Waals surface area contributed by atoms with E-state index < -0.39 is 64.8 Å². The molecule has 0 bridgehead atoms. The van der Waals surface area contributed by atoms with Gasteiger partial charge in [0, 0.05) is 0 Å². The number of aliphatic hydroxyl groups excluding tert-OH is 3. The Hall–Kier alpha value is 4.53. The molecule has 6 atom stereocenters. The number of aliphatic hydroxyl groups is 3. The Labute approximate surface area is 275 Å². The molecule has 1 fully saturated rings. The number of ether oxygens (including phenoxy) is 1. The predicted molar refractivity (Wildman–Crippen MR) is 57.7 cm³/mol. The fraction of sp³-hybridized carbons (Fsp3) is 0.875. The summed E-state index contributed by atoms with van der Waals surface area (Å²) in [5.74, 6) is -1.87. The average Bonchev–Trinajstić information content (AvgIpc) is 2.37. The number of hydrogen-bond acceptors (Lipinski definition) is 14. The van der Waals surface area contributed by atoms with Crippen LogP contribution in [0.1, 0.15) is 0 Å². The van der Waals surface area contributed by atoms with Gasteiger partial charge in [-0.1, -0.05) is 0 Å². The SMILES string of the molecule is O=C([O-])CO[C@@H]1[C@@H](O)[C@H](OP(=O)([O-])[O-])[C@H](O)[C@H](O)[C@H]1OP(=O)([O-])[O-].[Na+].[Na+].[Na+].[Na+].[Na+]. The Kier molecular flexibility index (Phi) is 28.2. The van der Waals surface area contributed by atoms with Crippen molar-refractivity contribution in [3.8, 4) is 0 Å². The fourth-order valence-corrected chi connectivity index (χ4v) is 3.16. The van der Waals surface area contributed by atoms with Gasteiger partial charge in [0.05, 0.1) is 28.2 Å². The second kappa shape index (κ2) is 18.8. The number of phosphoric acid groups is 2. The second-order valence-corrected chi connectivity index (χ2v) is 6.86. The molecule has 1 rings (SSSR count). The van der Waals surface area contributed by atoms with Crippen LogP contribution in [-0.2, 0) is 27.7 Å². The smallest absolute Gasteiger partial charge is 0.790 e. The van der Waals surface area contributed by atoms with E-state index in [1.54, 1.807) is 0 Å². The summed E-state index contributed by atoms with van der Waals surface area (Å²) in [6.07, 6.45) is -14.0. The monoisotopic (exact) mass is 508 g/mol. The summed E-state index contributed by atoms with van der Waals surface area (Å²) in [5, 5.41) is 39.6. The molecule has 0 spiro atoms. The molecular formula is C8H11Na5O14P2. The van der Waals surface area contributed by atoms with Gasteiger partial charge in [-0.05, 0) is 0 Å². The van der Waals surface area contributed by atoms with Gasteiger partial charge in [0.2, 0.25) is 0 Å². The number of carbonyl (C=O) groups is 1. The van der Waals surface area contributed by atoms with Crippen molar-refractivity contribution >= 4 is 21.6 Å². The minimum atomic E-state index is -5.81. The second-order valence-electron chi connectivity index (χ2n) is 4.65. The van der Waals surface area contributed by atoms with Gasteiger partial charge in [0.25, 0.3) is 0 Å². The maximum atomic E-state index is 10.7. The first-order valence-electron chi connectivity index (χ1n) is 5.99. The van der Waals surface area contributed by atoms with Crippen molar-refractivity contribution in [1.29, 1.82) is 0 Å². The van der Waals surface area contributed by atoms with Crippen LogP contribution in [-0.4, -0.2) is 64.5 Å². The number of carboxylic acids is 1. The molecular weight excluding hydrogens is 497 g/mol. The summed E-state index contributed by atoms with van der Waals surface area (Å²) in [6, 6.07) is 0. The molecule has 0 unspecified atom stereocenters. The van der Waals surface area contributed by atoms with Gasteiger partial charge in [-0.15, -0.1) is 0 Å². The van der Waals surface area contributed by atoms with Gasteiger partial charge in [-0.25, -0.2) is 0 Å². The number of aliphatic carboxylic acids is 1. The molecule has 1 saturated carbocycles. The van der Waals surface area contributed by atoms with Crippen molar-refractivity contribution in [1.82, 2.24) is 0 Å². The van der Waals surface area contributed by atoms with Crippen LogP contribution in [0.5, 0.6) is 0 Å². The molecule has 0 saturated heterocycles. The zero-order valence-corrected chi connectivity index (χ0v) is 28.2. The van der Waals surface area contributed by atoms with Crippen LogP contribution < -0.4 is 172 Å². The summed E-state index contributed by atoms with van der Waals surface area (Å²) in [6.45, 7) is -1.30. The number of carboxylic acid groups (broad SMARTS) is 1. The van der Waals surface area contributed by atoms with E-state index in [2.05, 4.69) is 13.8 Å². The summed E-state index contributed by atoms with van der Waals surface area (Å²) in [7, 11) is -11.6. The minimum Gasteiger partial charge on any atom is -0.790 e. The van der Waals surface area contributed by atoms with Crippen LogP contribution in [0.25, 0.3) is 0 Å². The van der Waals surface area contributed by atoms with Crippen LogP contribution in [0.3, 0.4) is 0 Å². The quantitative estimate of drug-likeness (QED) is 0.213. The van der Waals surface area contributed by atoms with Crippen molar-refractivity contribution in [2.24, 2.45) is 0 Å². The largest absolute Gasteiger partial charge is 1.00 e. The average molecular weight is 508 g/mol. The Morgan fingerprint density at radius 2 is 1.07 bits per heavy atom. The van der Waals surface area contributed by atoms with Crippen LogP contribution in [0.4, 0.5) is 0 Å². The minimum absolute atomic E-state index is 0. The first-order chi connectivity index (χ1) is 10.7. The molecule has 0 aromatic carbocycles. The zero-order valence-electron chi connectivity index (χ0n) is 16.4. The maximum absolute atomic E-state index is 10.7. The van der Waals surface area contributed by atoms with Crippen LogP contribution in [0.2, 0.25) is 0 Å². The van der Waals surface area contributed by atoms with Gasteiger partial charge in [0.15, 0.2) is 0 Å². The molecule has 14 nitrogen and oxygen atoms in total. The van der Waals surface area contributed by atoms with Crippen molar-refractivity contribution < 1.29 is 215 Å². The van der Waals surface area contributed by atoms with Crippen molar-refractivity contribution in [2.75, 3.05) is 6.61 Å². The van der Waals surface area contributed by atoms with Gasteiger partial charge >= 0.3 is 148 Å². The molecule has 0 radical (unpaired) electrons. The first kappa shape index (κ1) is 43.6. The van der Waals surface area contributed by atoms with Gasteiger partial charge < -0.3 is 67.7 Å². The molecule has 0 aliphatic heterocycles. The number of carbonyl (C=O) groups excluding carboxylic acids is 1. The number of phosphoric ester groups is 2. The Balaban J connectivity index is -0.000000384. The van der Waals surface area contributed by atoms with Crippen molar-refractivity contribution in [3.05, 3.63) is 0 Å². The Bertz CT molecular complexity index is 558. The topological polar surface area (TPSA) is 255 Å². The molecule has 0 aromatic rings. The number of rotatable bonds is 7. The van der Waals surface area contributed by atoms with E-state index in [0.29, 0.717) is 0 Å². The Morgan fingerprint density at radius 1 is 0.724 bits per heavy atom. The van der Waals surface area contributed by atoms with Gasteiger partial charge in [0.1, 0.15) is 36.6 Å². The van der Waals surface area contributed by atoms with E-state index in [9.17, 15) is 53.9 Å². The molecule has 0 heterocycles. The summed E-state index contributed by atoms with van der Waals surface area (Å²) in [5.41, 5.74) is 0. The molecule has 21 heteroatoms. The molecule has 29 heavy (non-hydrogen) atoms. The van der Waals surface area contributed by atoms with E-state index >= 15 is 0 Å². The Morgan fingerprint density at radius 3 is 1.41 bits per heavy atom. The molecule has 0 amide bonds.